The predicted molar refractivity (Wildman–Crippen MR) is 60.5 cm³/mol. The van der Waals surface area contributed by atoms with Crippen molar-refractivity contribution in [2.75, 3.05) is 0 Å². The number of allylic oxidation sites excluding steroid dienone is 1. The molecule has 1 aromatic carbocycles. The van der Waals surface area contributed by atoms with Crippen molar-refractivity contribution in [2.24, 2.45) is 0 Å². The van der Waals surface area contributed by atoms with Crippen LogP contribution < -0.4 is 0 Å². The minimum atomic E-state index is -0.302. The van der Waals surface area contributed by atoms with Crippen molar-refractivity contribution in [1.29, 1.82) is 0 Å². The Morgan fingerprint density at radius 1 is 1.33 bits per heavy atom. The van der Waals surface area contributed by atoms with E-state index in [2.05, 4.69) is 6.92 Å². The Morgan fingerprint density at radius 3 is 2.73 bits per heavy atom. The number of carbonyl (C=O) groups excluding carboxylic acids is 1. The second-order valence-corrected chi connectivity index (χ2v) is 3.29. The number of hydrogen-bond donors (Lipinski definition) is 0. The third-order valence-electron chi connectivity index (χ3n) is 2.01. The van der Waals surface area contributed by atoms with E-state index in [0.29, 0.717) is 5.56 Å². The summed E-state index contributed by atoms with van der Waals surface area (Å²) in [4.78, 5) is 11.4. The Bertz CT molecular complexity index is 315. The van der Waals surface area contributed by atoms with Crippen molar-refractivity contribution in [1.82, 2.24) is 0 Å². The monoisotopic (exact) mass is 204 g/mol. The van der Waals surface area contributed by atoms with Crippen LogP contribution >= 0.6 is 0 Å². The SMILES string of the molecule is CCCCC=COC(=O)c1ccccc1. The Balaban J connectivity index is 2.34. The second kappa shape index (κ2) is 6.82. The lowest BCUT2D eigenvalue weighted by Crippen LogP contribution is -1.99. The first-order chi connectivity index (χ1) is 7.34. The minimum Gasteiger partial charge on any atom is -0.431 e. The van der Waals surface area contributed by atoms with Crippen molar-refractivity contribution in [2.45, 2.75) is 26.2 Å². The number of unbranched alkanes of at least 4 members (excludes halogenated alkanes) is 2. The molecule has 1 aromatic rings. The number of esters is 1. The fraction of sp³-hybridized carbons (Fsp3) is 0.308. The maximum atomic E-state index is 11.4. The zero-order chi connectivity index (χ0) is 10.9. The molecule has 0 spiro atoms. The minimum absolute atomic E-state index is 0.302. The summed E-state index contributed by atoms with van der Waals surface area (Å²) in [6.07, 6.45) is 6.59. The maximum absolute atomic E-state index is 11.4. The van der Waals surface area contributed by atoms with Crippen LogP contribution in [0.1, 0.15) is 36.5 Å². The van der Waals surface area contributed by atoms with Crippen molar-refractivity contribution in [3.63, 3.8) is 0 Å². The van der Waals surface area contributed by atoms with Crippen LogP contribution in [0.25, 0.3) is 0 Å². The van der Waals surface area contributed by atoms with Gasteiger partial charge in [0.1, 0.15) is 0 Å². The highest BCUT2D eigenvalue weighted by molar-refractivity contribution is 5.89. The molecule has 0 amide bonds. The number of rotatable bonds is 5. The second-order valence-electron chi connectivity index (χ2n) is 3.29. The summed E-state index contributed by atoms with van der Waals surface area (Å²) in [5, 5.41) is 0. The third kappa shape index (κ3) is 4.45. The van der Waals surface area contributed by atoms with Crippen LogP contribution in [0.5, 0.6) is 0 Å². The topological polar surface area (TPSA) is 26.3 Å². The molecule has 2 nitrogen and oxygen atoms in total. The molecule has 0 bridgehead atoms. The Morgan fingerprint density at radius 2 is 2.07 bits per heavy atom. The van der Waals surface area contributed by atoms with E-state index in [1.807, 2.05) is 24.3 Å². The molecular weight excluding hydrogens is 188 g/mol. The van der Waals surface area contributed by atoms with Gasteiger partial charge in [-0.25, -0.2) is 4.79 Å². The lowest BCUT2D eigenvalue weighted by Gasteiger charge is -1.97. The molecular formula is C13H16O2. The highest BCUT2D eigenvalue weighted by Gasteiger charge is 2.02. The summed E-state index contributed by atoms with van der Waals surface area (Å²) >= 11 is 0. The van der Waals surface area contributed by atoms with Crippen LogP contribution in [0.3, 0.4) is 0 Å². The van der Waals surface area contributed by atoms with Gasteiger partial charge in [0.2, 0.25) is 0 Å². The van der Waals surface area contributed by atoms with Crippen molar-refractivity contribution >= 4 is 5.97 Å². The van der Waals surface area contributed by atoms with Gasteiger partial charge in [0.15, 0.2) is 0 Å². The molecule has 0 N–H and O–H groups in total. The standard InChI is InChI=1S/C13H16O2/c1-2-3-4-8-11-15-13(14)12-9-6-5-7-10-12/h5-11H,2-4H2,1H3. The number of carbonyl (C=O) groups is 1. The zero-order valence-electron chi connectivity index (χ0n) is 8.98. The largest absolute Gasteiger partial charge is 0.431 e. The predicted octanol–water partition coefficient (Wildman–Crippen LogP) is 3.55. The molecule has 0 aromatic heterocycles. The average Bonchev–Trinajstić information content (AvgIpc) is 2.30. The van der Waals surface area contributed by atoms with Gasteiger partial charge in [-0.3, -0.25) is 0 Å². The molecule has 0 saturated heterocycles. The van der Waals surface area contributed by atoms with E-state index in [1.54, 1.807) is 12.1 Å². The fourth-order valence-electron chi connectivity index (χ4n) is 1.14. The zero-order valence-corrected chi connectivity index (χ0v) is 8.98. The van der Waals surface area contributed by atoms with E-state index in [1.165, 1.54) is 6.26 Å². The molecule has 80 valence electrons. The average molecular weight is 204 g/mol. The van der Waals surface area contributed by atoms with Crippen LogP contribution in [0.4, 0.5) is 0 Å². The van der Waals surface area contributed by atoms with E-state index in [9.17, 15) is 4.79 Å². The van der Waals surface area contributed by atoms with E-state index < -0.39 is 0 Å². The summed E-state index contributed by atoms with van der Waals surface area (Å²) in [5.74, 6) is -0.302. The summed E-state index contributed by atoms with van der Waals surface area (Å²) < 4.78 is 4.96. The first-order valence-corrected chi connectivity index (χ1v) is 5.25. The molecule has 15 heavy (non-hydrogen) atoms. The van der Waals surface area contributed by atoms with Gasteiger partial charge in [0.25, 0.3) is 0 Å². The molecule has 1 rings (SSSR count). The van der Waals surface area contributed by atoms with Crippen LogP contribution in [0.15, 0.2) is 42.7 Å². The molecule has 0 heterocycles. The fourth-order valence-corrected chi connectivity index (χ4v) is 1.14. The quantitative estimate of drug-likeness (QED) is 0.416. The first kappa shape index (κ1) is 11.5. The van der Waals surface area contributed by atoms with Crippen molar-refractivity contribution in [3.05, 3.63) is 48.2 Å². The lowest BCUT2D eigenvalue weighted by atomic mass is 10.2. The molecule has 0 unspecified atom stereocenters. The third-order valence-corrected chi connectivity index (χ3v) is 2.01. The molecule has 0 fully saturated rings. The van der Waals surface area contributed by atoms with Crippen LogP contribution in [-0.4, -0.2) is 5.97 Å². The van der Waals surface area contributed by atoms with Gasteiger partial charge in [-0.15, -0.1) is 0 Å². The van der Waals surface area contributed by atoms with Gasteiger partial charge < -0.3 is 4.74 Å². The molecule has 0 atom stereocenters. The van der Waals surface area contributed by atoms with Gasteiger partial charge in [-0.2, -0.15) is 0 Å². The number of ether oxygens (including phenoxy) is 1. The summed E-state index contributed by atoms with van der Waals surface area (Å²) in [6.45, 7) is 2.13. The van der Waals surface area contributed by atoms with E-state index in [0.717, 1.165) is 19.3 Å². The highest BCUT2D eigenvalue weighted by atomic mass is 16.5. The lowest BCUT2D eigenvalue weighted by molar-refractivity contribution is 0.0662. The Labute approximate surface area is 90.6 Å². The van der Waals surface area contributed by atoms with Crippen LogP contribution in [0, 0.1) is 0 Å². The molecule has 0 saturated carbocycles. The maximum Gasteiger partial charge on any atom is 0.342 e. The van der Waals surface area contributed by atoms with E-state index in [4.69, 9.17) is 4.74 Å². The Kier molecular flexibility index (Phi) is 5.23. The molecule has 2 heteroatoms. The number of benzene rings is 1. The number of hydrogen-bond acceptors (Lipinski definition) is 2. The van der Waals surface area contributed by atoms with Gasteiger partial charge in [-0.1, -0.05) is 31.5 Å². The van der Waals surface area contributed by atoms with Crippen molar-refractivity contribution < 1.29 is 9.53 Å². The van der Waals surface area contributed by atoms with E-state index in [-0.39, 0.29) is 5.97 Å². The van der Waals surface area contributed by atoms with Gasteiger partial charge >= 0.3 is 5.97 Å². The van der Waals surface area contributed by atoms with Crippen LogP contribution in [0.2, 0.25) is 0 Å². The smallest absolute Gasteiger partial charge is 0.342 e. The van der Waals surface area contributed by atoms with Crippen LogP contribution in [-0.2, 0) is 4.74 Å². The molecule has 0 aliphatic heterocycles. The molecule has 0 aliphatic carbocycles. The molecule has 0 aliphatic rings. The summed E-state index contributed by atoms with van der Waals surface area (Å²) in [6, 6.07) is 8.98. The van der Waals surface area contributed by atoms with Gasteiger partial charge in [0.05, 0.1) is 11.8 Å². The first-order valence-electron chi connectivity index (χ1n) is 5.25. The van der Waals surface area contributed by atoms with E-state index >= 15 is 0 Å². The summed E-state index contributed by atoms with van der Waals surface area (Å²) in [7, 11) is 0. The normalized spacial score (nSPS) is 10.5. The Hall–Kier alpha value is -1.57. The summed E-state index contributed by atoms with van der Waals surface area (Å²) in [5.41, 5.74) is 0.581. The molecule has 0 radical (unpaired) electrons. The van der Waals surface area contributed by atoms with Gasteiger partial charge in [-0.05, 0) is 31.1 Å². The van der Waals surface area contributed by atoms with Crippen molar-refractivity contribution in [3.8, 4) is 0 Å². The highest BCUT2D eigenvalue weighted by Crippen LogP contribution is 2.02. The van der Waals surface area contributed by atoms with Gasteiger partial charge in [0, 0.05) is 0 Å².